The average molecular weight is 318 g/mol. The molecule has 0 radical (unpaired) electrons. The van der Waals surface area contributed by atoms with E-state index in [0.29, 0.717) is 0 Å². The standard InChI is InChI=1S/C17H22N2O2S/c1-12-8-9-22-16(12)15(10-14-6-4-3-5-7-14)19-17(21)18-13(2)11-20/h3-9,13,15,20H,10-11H2,1-2H3,(H2,18,19,21). The van der Waals surface area contributed by atoms with E-state index < -0.39 is 0 Å². The molecular weight excluding hydrogens is 296 g/mol. The molecule has 0 saturated carbocycles. The van der Waals surface area contributed by atoms with Crippen molar-refractivity contribution < 1.29 is 9.90 Å². The Labute approximate surface area is 135 Å². The first-order chi connectivity index (χ1) is 10.6. The van der Waals surface area contributed by atoms with Crippen molar-refractivity contribution in [2.75, 3.05) is 6.61 Å². The van der Waals surface area contributed by atoms with E-state index >= 15 is 0 Å². The zero-order valence-corrected chi connectivity index (χ0v) is 13.7. The van der Waals surface area contributed by atoms with Crippen LogP contribution in [0.15, 0.2) is 41.8 Å². The molecule has 0 aliphatic rings. The second-order valence-corrected chi connectivity index (χ2v) is 6.36. The molecule has 0 fully saturated rings. The fourth-order valence-electron chi connectivity index (χ4n) is 2.27. The maximum Gasteiger partial charge on any atom is 0.315 e. The number of urea groups is 1. The third-order valence-corrected chi connectivity index (χ3v) is 4.59. The van der Waals surface area contributed by atoms with Gasteiger partial charge in [-0.15, -0.1) is 11.3 Å². The highest BCUT2D eigenvalue weighted by Gasteiger charge is 2.19. The number of nitrogens with one attached hydrogen (secondary N) is 2. The Morgan fingerprint density at radius 3 is 2.55 bits per heavy atom. The molecule has 2 amide bonds. The van der Waals surface area contributed by atoms with Gasteiger partial charge < -0.3 is 15.7 Å². The van der Waals surface area contributed by atoms with Crippen molar-refractivity contribution in [2.45, 2.75) is 32.4 Å². The molecule has 2 unspecified atom stereocenters. The topological polar surface area (TPSA) is 61.4 Å². The van der Waals surface area contributed by atoms with E-state index in [1.54, 1.807) is 18.3 Å². The van der Waals surface area contributed by atoms with Crippen LogP contribution in [0.25, 0.3) is 0 Å². The summed E-state index contributed by atoms with van der Waals surface area (Å²) < 4.78 is 0. The lowest BCUT2D eigenvalue weighted by Crippen LogP contribution is -2.44. The van der Waals surface area contributed by atoms with Crippen LogP contribution >= 0.6 is 11.3 Å². The van der Waals surface area contributed by atoms with Crippen LogP contribution in [0.3, 0.4) is 0 Å². The van der Waals surface area contributed by atoms with E-state index in [4.69, 9.17) is 5.11 Å². The van der Waals surface area contributed by atoms with Crippen LogP contribution in [0.2, 0.25) is 0 Å². The molecule has 0 saturated heterocycles. The molecule has 0 aliphatic carbocycles. The van der Waals surface area contributed by atoms with Crippen molar-refractivity contribution in [3.8, 4) is 0 Å². The Hall–Kier alpha value is -1.85. The monoisotopic (exact) mass is 318 g/mol. The normalized spacial score (nSPS) is 13.4. The molecule has 2 rings (SSSR count). The largest absolute Gasteiger partial charge is 0.394 e. The zero-order chi connectivity index (χ0) is 15.9. The fourth-order valence-corrected chi connectivity index (χ4v) is 3.25. The Kier molecular flexibility index (Phi) is 5.98. The second kappa shape index (κ2) is 7.96. The molecule has 22 heavy (non-hydrogen) atoms. The van der Waals surface area contributed by atoms with Crippen molar-refractivity contribution in [3.63, 3.8) is 0 Å². The summed E-state index contributed by atoms with van der Waals surface area (Å²) >= 11 is 1.65. The molecule has 3 N–H and O–H groups in total. The lowest BCUT2D eigenvalue weighted by Gasteiger charge is -2.21. The minimum Gasteiger partial charge on any atom is -0.394 e. The highest BCUT2D eigenvalue weighted by Crippen LogP contribution is 2.26. The number of aliphatic hydroxyl groups is 1. The van der Waals surface area contributed by atoms with Crippen molar-refractivity contribution in [1.29, 1.82) is 0 Å². The van der Waals surface area contributed by atoms with E-state index in [2.05, 4.69) is 35.8 Å². The summed E-state index contributed by atoms with van der Waals surface area (Å²) in [5.74, 6) is 0. The lowest BCUT2D eigenvalue weighted by molar-refractivity contribution is 0.217. The number of rotatable bonds is 6. The highest BCUT2D eigenvalue weighted by atomic mass is 32.1. The molecule has 0 bridgehead atoms. The van der Waals surface area contributed by atoms with E-state index in [0.717, 1.165) is 11.3 Å². The minimum absolute atomic E-state index is 0.0746. The molecule has 1 aromatic carbocycles. The maximum atomic E-state index is 12.1. The second-order valence-electron chi connectivity index (χ2n) is 5.41. The van der Waals surface area contributed by atoms with Gasteiger partial charge in [0, 0.05) is 4.88 Å². The van der Waals surface area contributed by atoms with Crippen LogP contribution in [0.4, 0.5) is 4.79 Å². The summed E-state index contributed by atoms with van der Waals surface area (Å²) in [6, 6.07) is 11.6. The van der Waals surface area contributed by atoms with Crippen LogP contribution < -0.4 is 10.6 Å². The summed E-state index contributed by atoms with van der Waals surface area (Å²) in [4.78, 5) is 13.3. The summed E-state index contributed by atoms with van der Waals surface area (Å²) in [6.45, 7) is 3.75. The van der Waals surface area contributed by atoms with Crippen LogP contribution in [-0.2, 0) is 6.42 Å². The number of aliphatic hydroxyl groups excluding tert-OH is 1. The molecule has 4 nitrogen and oxygen atoms in total. The summed E-state index contributed by atoms with van der Waals surface area (Å²) in [5, 5.41) is 16.8. The van der Waals surface area contributed by atoms with Crippen LogP contribution in [0, 0.1) is 6.92 Å². The Bertz CT molecular complexity index is 598. The summed E-state index contributed by atoms with van der Waals surface area (Å²) in [5.41, 5.74) is 2.36. The molecule has 0 aliphatic heterocycles. The van der Waals surface area contributed by atoms with Crippen molar-refractivity contribution in [2.24, 2.45) is 0 Å². The fraction of sp³-hybridized carbons (Fsp3) is 0.353. The lowest BCUT2D eigenvalue weighted by atomic mass is 10.0. The third-order valence-electron chi connectivity index (χ3n) is 3.46. The van der Waals surface area contributed by atoms with Gasteiger partial charge in [0.1, 0.15) is 0 Å². The van der Waals surface area contributed by atoms with Crippen LogP contribution in [0.1, 0.15) is 29.0 Å². The number of hydrogen-bond donors (Lipinski definition) is 3. The first kappa shape index (κ1) is 16.5. The molecule has 118 valence electrons. The van der Waals surface area contributed by atoms with E-state index in [1.165, 1.54) is 11.1 Å². The minimum atomic E-state index is -0.262. The van der Waals surface area contributed by atoms with Crippen molar-refractivity contribution in [3.05, 3.63) is 57.8 Å². The number of thiophene rings is 1. The van der Waals surface area contributed by atoms with Gasteiger partial charge in [-0.1, -0.05) is 30.3 Å². The predicted octanol–water partition coefficient (Wildman–Crippen LogP) is 3.02. The van der Waals surface area contributed by atoms with Gasteiger partial charge in [0.05, 0.1) is 18.7 Å². The molecule has 1 heterocycles. The average Bonchev–Trinajstić information content (AvgIpc) is 2.93. The van der Waals surface area contributed by atoms with E-state index in [1.807, 2.05) is 23.6 Å². The summed E-state index contributed by atoms with van der Waals surface area (Å²) in [7, 11) is 0. The van der Waals surface area contributed by atoms with Crippen molar-refractivity contribution >= 4 is 17.4 Å². The molecule has 5 heteroatoms. The Balaban J connectivity index is 2.12. The summed E-state index contributed by atoms with van der Waals surface area (Å²) in [6.07, 6.45) is 0.739. The first-order valence-electron chi connectivity index (χ1n) is 7.36. The van der Waals surface area contributed by atoms with Crippen molar-refractivity contribution in [1.82, 2.24) is 10.6 Å². The van der Waals surface area contributed by atoms with Gasteiger partial charge in [0.2, 0.25) is 0 Å². The van der Waals surface area contributed by atoms with E-state index in [-0.39, 0.29) is 24.7 Å². The molecular formula is C17H22N2O2S. The SMILES string of the molecule is Cc1ccsc1C(Cc1ccccc1)NC(=O)NC(C)CO. The Morgan fingerprint density at radius 1 is 1.23 bits per heavy atom. The molecule has 1 aromatic heterocycles. The smallest absolute Gasteiger partial charge is 0.315 e. The number of aryl methyl sites for hydroxylation is 1. The first-order valence-corrected chi connectivity index (χ1v) is 8.24. The Morgan fingerprint density at radius 2 is 1.95 bits per heavy atom. The van der Waals surface area contributed by atoms with Gasteiger partial charge >= 0.3 is 6.03 Å². The highest BCUT2D eigenvalue weighted by molar-refractivity contribution is 7.10. The van der Waals surface area contributed by atoms with E-state index in [9.17, 15) is 4.79 Å². The molecule has 2 atom stereocenters. The number of carbonyl (C=O) groups excluding carboxylic acids is 1. The molecule has 2 aromatic rings. The van der Waals surface area contributed by atoms with Crippen LogP contribution in [0.5, 0.6) is 0 Å². The van der Waals surface area contributed by atoms with Gasteiger partial charge in [-0.25, -0.2) is 4.79 Å². The quantitative estimate of drug-likeness (QED) is 0.767. The number of benzene rings is 1. The number of hydrogen-bond acceptors (Lipinski definition) is 3. The number of carbonyl (C=O) groups is 1. The maximum absolute atomic E-state index is 12.1. The van der Waals surface area contributed by atoms with Crippen LogP contribution in [-0.4, -0.2) is 23.8 Å². The van der Waals surface area contributed by atoms with Gasteiger partial charge in [0.15, 0.2) is 0 Å². The van der Waals surface area contributed by atoms with Gasteiger partial charge in [-0.05, 0) is 42.8 Å². The van der Waals surface area contributed by atoms with Gasteiger partial charge in [-0.3, -0.25) is 0 Å². The van der Waals surface area contributed by atoms with Gasteiger partial charge in [0.25, 0.3) is 0 Å². The molecule has 0 spiro atoms. The third kappa shape index (κ3) is 4.58. The number of amides is 2. The zero-order valence-electron chi connectivity index (χ0n) is 12.9. The van der Waals surface area contributed by atoms with Gasteiger partial charge in [-0.2, -0.15) is 0 Å². The predicted molar refractivity (Wildman–Crippen MR) is 90.2 cm³/mol.